The van der Waals surface area contributed by atoms with Gasteiger partial charge in [0.2, 0.25) is 0 Å². The Morgan fingerprint density at radius 3 is 2.48 bits per heavy atom. The molecule has 21 heavy (non-hydrogen) atoms. The number of benzene rings is 2. The molecule has 0 spiro atoms. The fourth-order valence-corrected chi connectivity index (χ4v) is 2.11. The van der Waals surface area contributed by atoms with E-state index in [1.54, 1.807) is 6.08 Å². The van der Waals surface area contributed by atoms with Gasteiger partial charge in [0.25, 0.3) is 0 Å². The average molecular weight is 277 g/mol. The van der Waals surface area contributed by atoms with Gasteiger partial charge in [-0.1, -0.05) is 18.2 Å². The van der Waals surface area contributed by atoms with Crippen molar-refractivity contribution in [3.63, 3.8) is 0 Å². The molecule has 0 unspecified atom stereocenters. The molecular formula is C17H15N3O. The van der Waals surface area contributed by atoms with Crippen molar-refractivity contribution in [1.82, 2.24) is 0 Å². The highest BCUT2D eigenvalue weighted by Gasteiger charge is 2.02. The summed E-state index contributed by atoms with van der Waals surface area (Å²) in [5.41, 5.74) is 1.96. The van der Waals surface area contributed by atoms with Gasteiger partial charge in [-0.2, -0.15) is 10.5 Å². The molecule has 0 fully saturated rings. The van der Waals surface area contributed by atoms with Crippen molar-refractivity contribution in [2.24, 2.45) is 0 Å². The number of nitriles is 2. The van der Waals surface area contributed by atoms with Crippen LogP contribution >= 0.6 is 0 Å². The molecule has 4 nitrogen and oxygen atoms in total. The van der Waals surface area contributed by atoms with E-state index in [-0.39, 0.29) is 12.2 Å². The Hall–Kier alpha value is -2.82. The molecule has 0 saturated heterocycles. The smallest absolute Gasteiger partial charge is 0.130 e. The molecule has 0 amide bonds. The normalized spacial score (nSPS) is 9.71. The van der Waals surface area contributed by atoms with Gasteiger partial charge in [0.15, 0.2) is 0 Å². The first-order valence-corrected chi connectivity index (χ1v) is 6.55. The van der Waals surface area contributed by atoms with E-state index >= 15 is 0 Å². The summed E-state index contributed by atoms with van der Waals surface area (Å²) < 4.78 is 0. The Balaban J connectivity index is 2.39. The standard InChI is InChI=1S/C17H15N3O/c1-20(6-7-21)17-5-4-15-9-13(2-3-16(15)10-17)8-14(11-18)12-19/h2-5,8-10,21H,6-7H2,1H3. The summed E-state index contributed by atoms with van der Waals surface area (Å²) in [5, 5.41) is 28.7. The third kappa shape index (κ3) is 3.39. The summed E-state index contributed by atoms with van der Waals surface area (Å²) in [6, 6.07) is 15.5. The SMILES string of the molecule is CN(CCO)c1ccc2cc(C=C(C#N)C#N)ccc2c1. The lowest BCUT2D eigenvalue weighted by Gasteiger charge is -2.18. The number of aliphatic hydroxyl groups is 1. The molecular weight excluding hydrogens is 262 g/mol. The molecule has 2 rings (SSSR count). The Labute approximate surface area is 123 Å². The summed E-state index contributed by atoms with van der Waals surface area (Å²) in [5.74, 6) is 0. The molecule has 0 atom stereocenters. The zero-order valence-corrected chi connectivity index (χ0v) is 11.7. The molecule has 0 aromatic heterocycles. The molecule has 0 aliphatic heterocycles. The topological polar surface area (TPSA) is 71.0 Å². The first-order chi connectivity index (χ1) is 10.2. The Morgan fingerprint density at radius 2 is 1.81 bits per heavy atom. The van der Waals surface area contributed by atoms with Crippen molar-refractivity contribution in [2.45, 2.75) is 0 Å². The lowest BCUT2D eigenvalue weighted by Crippen LogP contribution is -2.20. The minimum absolute atomic E-state index is 0.0913. The van der Waals surface area contributed by atoms with Crippen LogP contribution in [0.2, 0.25) is 0 Å². The van der Waals surface area contributed by atoms with E-state index in [2.05, 4.69) is 0 Å². The van der Waals surface area contributed by atoms with Crippen molar-refractivity contribution in [1.29, 1.82) is 10.5 Å². The molecule has 1 N–H and O–H groups in total. The second kappa shape index (κ2) is 6.56. The highest BCUT2D eigenvalue weighted by Crippen LogP contribution is 2.23. The molecule has 0 saturated carbocycles. The van der Waals surface area contributed by atoms with Gasteiger partial charge < -0.3 is 10.0 Å². The van der Waals surface area contributed by atoms with Crippen LogP contribution in [0.5, 0.6) is 0 Å². The second-order valence-electron chi connectivity index (χ2n) is 4.72. The summed E-state index contributed by atoms with van der Waals surface area (Å²) in [7, 11) is 1.93. The minimum atomic E-state index is 0.0913. The fourth-order valence-electron chi connectivity index (χ4n) is 2.11. The van der Waals surface area contributed by atoms with E-state index in [0.29, 0.717) is 6.54 Å². The Morgan fingerprint density at radius 1 is 1.14 bits per heavy atom. The molecule has 0 radical (unpaired) electrons. The lowest BCUT2D eigenvalue weighted by molar-refractivity contribution is 0.304. The third-order valence-electron chi connectivity index (χ3n) is 3.28. The van der Waals surface area contributed by atoms with Crippen LogP contribution in [0.1, 0.15) is 5.56 Å². The molecule has 104 valence electrons. The van der Waals surface area contributed by atoms with E-state index in [1.165, 1.54) is 0 Å². The summed E-state index contributed by atoms with van der Waals surface area (Å²) in [4.78, 5) is 1.98. The largest absolute Gasteiger partial charge is 0.395 e. The van der Waals surface area contributed by atoms with Gasteiger partial charge in [-0.15, -0.1) is 0 Å². The quantitative estimate of drug-likeness (QED) is 0.872. The van der Waals surface area contributed by atoms with Gasteiger partial charge in [0.1, 0.15) is 17.7 Å². The van der Waals surface area contributed by atoms with Crippen molar-refractivity contribution in [2.75, 3.05) is 25.1 Å². The van der Waals surface area contributed by atoms with E-state index in [4.69, 9.17) is 15.6 Å². The van der Waals surface area contributed by atoms with Crippen LogP contribution in [0.4, 0.5) is 5.69 Å². The Kier molecular flexibility index (Phi) is 4.56. The number of fused-ring (bicyclic) bond motifs is 1. The summed E-state index contributed by atoms with van der Waals surface area (Å²) >= 11 is 0. The molecule has 4 heteroatoms. The molecule has 0 bridgehead atoms. The number of hydrogen-bond donors (Lipinski definition) is 1. The predicted octanol–water partition coefficient (Wildman–Crippen LogP) is 2.70. The number of allylic oxidation sites excluding steroid dienone is 1. The number of likely N-dealkylation sites (N-methyl/N-ethyl adjacent to an activating group) is 1. The molecule has 0 aliphatic carbocycles. The first-order valence-electron chi connectivity index (χ1n) is 6.55. The molecule has 0 aliphatic rings. The van der Waals surface area contributed by atoms with Crippen LogP contribution in [0.25, 0.3) is 16.8 Å². The van der Waals surface area contributed by atoms with Crippen molar-refractivity contribution >= 4 is 22.5 Å². The van der Waals surface area contributed by atoms with Gasteiger partial charge in [-0.3, -0.25) is 0 Å². The van der Waals surface area contributed by atoms with E-state index in [1.807, 2.05) is 60.5 Å². The van der Waals surface area contributed by atoms with Gasteiger partial charge in [-0.05, 0) is 40.6 Å². The van der Waals surface area contributed by atoms with Crippen LogP contribution in [-0.4, -0.2) is 25.3 Å². The zero-order chi connectivity index (χ0) is 15.2. The van der Waals surface area contributed by atoms with Crippen LogP contribution < -0.4 is 4.90 Å². The average Bonchev–Trinajstić information content (AvgIpc) is 2.52. The number of nitrogens with zero attached hydrogens (tertiary/aromatic N) is 3. The highest BCUT2D eigenvalue weighted by molar-refractivity contribution is 5.88. The van der Waals surface area contributed by atoms with Gasteiger partial charge in [0.05, 0.1) is 6.61 Å². The van der Waals surface area contributed by atoms with Crippen LogP contribution in [-0.2, 0) is 0 Å². The Bertz CT molecular complexity index is 750. The van der Waals surface area contributed by atoms with E-state index in [0.717, 1.165) is 22.0 Å². The maximum absolute atomic E-state index is 8.98. The first kappa shape index (κ1) is 14.6. The minimum Gasteiger partial charge on any atom is -0.395 e. The second-order valence-corrected chi connectivity index (χ2v) is 4.72. The molecule has 0 heterocycles. The number of hydrogen-bond acceptors (Lipinski definition) is 4. The van der Waals surface area contributed by atoms with Crippen LogP contribution in [0, 0.1) is 22.7 Å². The number of anilines is 1. The summed E-state index contributed by atoms with van der Waals surface area (Å²) in [6.07, 6.45) is 1.57. The maximum Gasteiger partial charge on any atom is 0.130 e. The molecule has 2 aromatic carbocycles. The van der Waals surface area contributed by atoms with Crippen molar-refractivity contribution in [3.05, 3.63) is 47.5 Å². The maximum atomic E-state index is 8.98. The van der Waals surface area contributed by atoms with E-state index in [9.17, 15) is 0 Å². The predicted molar refractivity (Wildman–Crippen MR) is 83.5 cm³/mol. The van der Waals surface area contributed by atoms with Gasteiger partial charge >= 0.3 is 0 Å². The summed E-state index contributed by atoms with van der Waals surface area (Å²) in [6.45, 7) is 0.698. The monoisotopic (exact) mass is 277 g/mol. The number of rotatable bonds is 4. The van der Waals surface area contributed by atoms with E-state index < -0.39 is 0 Å². The number of aliphatic hydroxyl groups excluding tert-OH is 1. The third-order valence-corrected chi connectivity index (χ3v) is 3.28. The zero-order valence-electron chi connectivity index (χ0n) is 11.7. The van der Waals surface area contributed by atoms with Crippen molar-refractivity contribution < 1.29 is 5.11 Å². The fraction of sp³-hybridized carbons (Fsp3) is 0.176. The molecule has 2 aromatic rings. The van der Waals surface area contributed by atoms with Gasteiger partial charge in [-0.25, -0.2) is 0 Å². The lowest BCUT2D eigenvalue weighted by atomic mass is 10.0. The highest BCUT2D eigenvalue weighted by atomic mass is 16.3. The van der Waals surface area contributed by atoms with Crippen LogP contribution in [0.15, 0.2) is 42.0 Å². The van der Waals surface area contributed by atoms with Gasteiger partial charge in [0, 0.05) is 19.3 Å². The van der Waals surface area contributed by atoms with Crippen LogP contribution in [0.3, 0.4) is 0 Å². The van der Waals surface area contributed by atoms with Crippen molar-refractivity contribution in [3.8, 4) is 12.1 Å².